The molecule has 1 saturated heterocycles. The average Bonchev–Trinajstić information content (AvgIpc) is 3.47. The first-order valence-electron chi connectivity index (χ1n) is 14.3. The van der Waals surface area contributed by atoms with E-state index in [0.717, 1.165) is 27.6 Å². The first-order chi connectivity index (χ1) is 19.1. The second-order valence-electron chi connectivity index (χ2n) is 11.9. The quantitative estimate of drug-likeness (QED) is 0.386. The first kappa shape index (κ1) is 28.2. The van der Waals surface area contributed by atoms with E-state index < -0.39 is 29.5 Å². The number of carbonyl (C=O) groups is 3. The van der Waals surface area contributed by atoms with Crippen LogP contribution in [0.2, 0.25) is 0 Å². The SMILES string of the molecule is CO[C@@H]1C(C)=C(C)[C@H]2[C@H](Cc3c[nH]c4ccccc34)NC(=O)[C@]23C(=O)CC[C@H](O)C(=O)C(C)=C[C@@H](C)CC=C[C@@H]13. The van der Waals surface area contributed by atoms with Crippen LogP contribution in [0.4, 0.5) is 0 Å². The monoisotopic (exact) mass is 544 g/mol. The van der Waals surface area contributed by atoms with Gasteiger partial charge in [-0.25, -0.2) is 0 Å². The van der Waals surface area contributed by atoms with Gasteiger partial charge in [0, 0.05) is 48.5 Å². The van der Waals surface area contributed by atoms with Crippen molar-refractivity contribution in [1.29, 1.82) is 0 Å². The molecule has 7 heteroatoms. The van der Waals surface area contributed by atoms with Crippen LogP contribution in [-0.2, 0) is 25.5 Å². The highest BCUT2D eigenvalue weighted by Crippen LogP contribution is 2.56. The third-order valence-corrected chi connectivity index (χ3v) is 9.50. The van der Waals surface area contributed by atoms with E-state index in [1.165, 1.54) is 0 Å². The number of para-hydroxylation sites is 1. The van der Waals surface area contributed by atoms with Crippen LogP contribution in [0.1, 0.15) is 52.5 Å². The smallest absolute Gasteiger partial charge is 0.235 e. The highest BCUT2D eigenvalue weighted by Gasteiger charge is 2.66. The summed E-state index contributed by atoms with van der Waals surface area (Å²) >= 11 is 0. The zero-order valence-electron chi connectivity index (χ0n) is 24.0. The van der Waals surface area contributed by atoms with E-state index >= 15 is 0 Å². The molecule has 1 aromatic heterocycles. The molecule has 2 aromatic rings. The lowest BCUT2D eigenvalue weighted by atomic mass is 9.54. The lowest BCUT2D eigenvalue weighted by Crippen LogP contribution is -2.56. The van der Waals surface area contributed by atoms with Crippen LogP contribution in [0, 0.1) is 23.2 Å². The Balaban J connectivity index is 1.63. The predicted octanol–water partition coefficient (Wildman–Crippen LogP) is 4.61. The van der Waals surface area contributed by atoms with Crippen LogP contribution in [0.3, 0.4) is 0 Å². The minimum absolute atomic E-state index is 0.0259. The molecule has 7 nitrogen and oxygen atoms in total. The van der Waals surface area contributed by atoms with Crippen molar-refractivity contribution >= 4 is 28.4 Å². The maximum absolute atomic E-state index is 14.4. The third-order valence-electron chi connectivity index (χ3n) is 9.50. The zero-order chi connectivity index (χ0) is 28.8. The van der Waals surface area contributed by atoms with Gasteiger partial charge < -0.3 is 20.1 Å². The molecule has 1 amide bonds. The van der Waals surface area contributed by atoms with Gasteiger partial charge in [0.1, 0.15) is 17.3 Å². The van der Waals surface area contributed by atoms with Gasteiger partial charge in [0.2, 0.25) is 5.91 Å². The Morgan fingerprint density at radius 1 is 1.10 bits per heavy atom. The molecule has 2 aliphatic carbocycles. The minimum Gasteiger partial charge on any atom is -0.385 e. The molecule has 2 heterocycles. The Hall–Kier alpha value is -3.29. The largest absolute Gasteiger partial charge is 0.385 e. The van der Waals surface area contributed by atoms with Crippen molar-refractivity contribution in [3.8, 4) is 0 Å². The highest BCUT2D eigenvalue weighted by molar-refractivity contribution is 6.10. The van der Waals surface area contributed by atoms with Crippen molar-refractivity contribution in [1.82, 2.24) is 10.3 Å². The molecule has 0 bridgehead atoms. The molecule has 40 heavy (non-hydrogen) atoms. The zero-order valence-corrected chi connectivity index (χ0v) is 24.0. The van der Waals surface area contributed by atoms with Crippen LogP contribution < -0.4 is 5.32 Å². The van der Waals surface area contributed by atoms with Crippen molar-refractivity contribution in [2.75, 3.05) is 7.11 Å². The van der Waals surface area contributed by atoms with Gasteiger partial charge >= 0.3 is 0 Å². The van der Waals surface area contributed by atoms with E-state index in [9.17, 15) is 19.5 Å². The Kier molecular flexibility index (Phi) is 7.73. The molecule has 0 radical (unpaired) electrons. The number of amides is 1. The number of aromatic nitrogens is 1. The van der Waals surface area contributed by atoms with E-state index in [4.69, 9.17) is 4.74 Å². The summed E-state index contributed by atoms with van der Waals surface area (Å²) in [5, 5.41) is 15.1. The van der Waals surface area contributed by atoms with Crippen molar-refractivity contribution in [3.63, 3.8) is 0 Å². The Morgan fingerprint density at radius 3 is 2.60 bits per heavy atom. The molecule has 1 spiro atoms. The summed E-state index contributed by atoms with van der Waals surface area (Å²) in [7, 11) is 1.63. The number of aliphatic hydroxyl groups excluding tert-OH is 1. The van der Waals surface area contributed by atoms with E-state index in [-0.39, 0.29) is 42.3 Å². The molecular formula is C33H40N2O5. The van der Waals surface area contributed by atoms with Gasteiger partial charge in [0.25, 0.3) is 0 Å². The summed E-state index contributed by atoms with van der Waals surface area (Å²) < 4.78 is 6.01. The number of hydrogen-bond acceptors (Lipinski definition) is 5. The predicted molar refractivity (Wildman–Crippen MR) is 154 cm³/mol. The summed E-state index contributed by atoms with van der Waals surface area (Å²) in [6.45, 7) is 7.77. The van der Waals surface area contributed by atoms with Gasteiger partial charge in [-0.2, -0.15) is 0 Å². The number of ether oxygens (including phenoxy) is 1. The van der Waals surface area contributed by atoms with E-state index in [1.54, 1.807) is 14.0 Å². The van der Waals surface area contributed by atoms with Crippen molar-refractivity contribution in [2.45, 2.75) is 71.6 Å². The van der Waals surface area contributed by atoms with Gasteiger partial charge in [0.15, 0.2) is 5.78 Å². The van der Waals surface area contributed by atoms with Crippen LogP contribution in [-0.4, -0.2) is 52.9 Å². The lowest BCUT2D eigenvalue weighted by Gasteiger charge is -2.47. The molecule has 1 aromatic carbocycles. The maximum Gasteiger partial charge on any atom is 0.235 e. The van der Waals surface area contributed by atoms with Crippen molar-refractivity contribution in [2.24, 2.45) is 23.2 Å². The number of hydrogen-bond donors (Lipinski definition) is 3. The summed E-state index contributed by atoms with van der Waals surface area (Å²) in [5.41, 5.74) is 3.22. The number of rotatable bonds is 3. The fourth-order valence-electron chi connectivity index (χ4n) is 7.46. The minimum atomic E-state index is -1.40. The summed E-state index contributed by atoms with van der Waals surface area (Å²) in [6.07, 6.45) is 7.23. The number of allylic oxidation sites excluding steroid dienone is 2. The normalized spacial score (nSPS) is 33.5. The van der Waals surface area contributed by atoms with Gasteiger partial charge in [-0.1, -0.05) is 48.9 Å². The van der Waals surface area contributed by atoms with Crippen LogP contribution in [0.25, 0.3) is 10.9 Å². The molecule has 3 aliphatic rings. The first-order valence-corrected chi connectivity index (χ1v) is 14.3. The molecule has 212 valence electrons. The third kappa shape index (κ3) is 4.49. The van der Waals surface area contributed by atoms with Gasteiger partial charge in [-0.05, 0) is 68.7 Å². The number of H-pyrrole nitrogens is 1. The number of nitrogens with one attached hydrogen (secondary N) is 2. The van der Waals surface area contributed by atoms with Gasteiger partial charge in [-0.3, -0.25) is 14.4 Å². The molecule has 1 aliphatic heterocycles. The number of carbonyl (C=O) groups excluding carboxylic acids is 3. The fraction of sp³-hybridized carbons (Fsp3) is 0.485. The fourth-order valence-corrected chi connectivity index (χ4v) is 7.46. The number of benzene rings is 1. The summed E-state index contributed by atoms with van der Waals surface area (Å²) in [5.74, 6) is -1.78. The molecule has 1 fully saturated rings. The van der Waals surface area contributed by atoms with Crippen LogP contribution >= 0.6 is 0 Å². The Labute approximate surface area is 235 Å². The Bertz CT molecular complexity index is 1430. The summed E-state index contributed by atoms with van der Waals surface area (Å²) in [6, 6.07) is 7.77. The molecule has 0 unspecified atom stereocenters. The van der Waals surface area contributed by atoms with Gasteiger partial charge in [0.05, 0.1) is 6.10 Å². The standard InChI is InChI=1S/C33H40N2O5/c1-18-9-8-11-24-31(40-5)21(4)20(3)29-26(16-22-17-34-25-12-7-6-10-23(22)25)35-32(39)33(24,29)28(37)14-13-27(36)30(38)19(2)15-18/h6-8,10-12,15,17-18,24,26-27,29,31,34,36H,9,13-14,16H2,1-5H3,(H,35,39)/t18-,24-,26-,27-,29-,31+,33+/m0/s1. The van der Waals surface area contributed by atoms with Gasteiger partial charge in [-0.15, -0.1) is 0 Å². The van der Waals surface area contributed by atoms with E-state index in [2.05, 4.69) is 16.4 Å². The Morgan fingerprint density at radius 2 is 1.85 bits per heavy atom. The second kappa shape index (κ2) is 10.9. The van der Waals surface area contributed by atoms with Crippen LogP contribution in [0.15, 0.2) is 65.4 Å². The molecule has 7 atom stereocenters. The van der Waals surface area contributed by atoms with Crippen molar-refractivity contribution < 1.29 is 24.2 Å². The average molecular weight is 545 g/mol. The maximum atomic E-state index is 14.4. The highest BCUT2D eigenvalue weighted by atomic mass is 16.5. The molecule has 5 rings (SSSR count). The van der Waals surface area contributed by atoms with Crippen molar-refractivity contribution in [3.05, 3.63) is 71.0 Å². The number of aromatic amines is 1. The summed E-state index contributed by atoms with van der Waals surface area (Å²) in [4.78, 5) is 44.8. The molecule has 0 saturated carbocycles. The number of Topliss-reactive ketones (excluding diaryl/α,β-unsaturated/α-hetero) is 2. The van der Waals surface area contributed by atoms with Crippen LogP contribution in [0.5, 0.6) is 0 Å². The number of fused-ring (bicyclic) bond motifs is 1. The molecule has 3 N–H and O–H groups in total. The lowest BCUT2D eigenvalue weighted by molar-refractivity contribution is -0.148. The second-order valence-corrected chi connectivity index (χ2v) is 11.9. The number of ketones is 2. The topological polar surface area (TPSA) is 108 Å². The number of aliphatic hydroxyl groups is 1. The molecular weight excluding hydrogens is 504 g/mol. The van der Waals surface area contributed by atoms with E-state index in [1.807, 2.05) is 63.4 Å². The van der Waals surface area contributed by atoms with E-state index in [0.29, 0.717) is 18.4 Å². The number of methoxy groups -OCH3 is 1.